The highest BCUT2D eigenvalue weighted by Crippen LogP contribution is 2.30. The molecule has 1 aliphatic heterocycles. The van der Waals surface area contributed by atoms with Gasteiger partial charge in [-0.15, -0.1) is 0 Å². The third kappa shape index (κ3) is 2.80. The van der Waals surface area contributed by atoms with E-state index in [1.807, 2.05) is 0 Å². The second kappa shape index (κ2) is 5.32. The number of methoxy groups -OCH3 is 1. The molecule has 1 saturated heterocycles. The zero-order valence-electron chi connectivity index (χ0n) is 10.0. The van der Waals surface area contributed by atoms with Crippen LogP contribution in [0.15, 0.2) is 0 Å². The molecule has 0 radical (unpaired) electrons. The molecule has 1 heterocycles. The van der Waals surface area contributed by atoms with Crippen molar-refractivity contribution in [2.75, 3.05) is 20.2 Å². The number of carboxylic acid groups (broad SMARTS) is 1. The molecule has 0 unspecified atom stereocenters. The summed E-state index contributed by atoms with van der Waals surface area (Å²) in [6.07, 6.45) is -4.55. The standard InChI is InChI=1S/C10H13F4NO4/c1-19-9(8(17)18)2-4-15(5-3-9)7(16)10(13,14)6(11)12/h6H,2-5H2,1H3,(H,17,18). The van der Waals surface area contributed by atoms with Crippen LogP contribution < -0.4 is 0 Å². The van der Waals surface area contributed by atoms with Crippen LogP contribution in [0.2, 0.25) is 0 Å². The van der Waals surface area contributed by atoms with Gasteiger partial charge in [-0.05, 0) is 0 Å². The molecule has 110 valence electrons. The summed E-state index contributed by atoms with van der Waals surface area (Å²) in [6, 6.07) is 0. The van der Waals surface area contributed by atoms with E-state index >= 15 is 0 Å². The number of carbonyl (C=O) groups excluding carboxylic acids is 1. The number of alkyl halides is 4. The molecule has 0 saturated carbocycles. The number of aliphatic carboxylic acids is 1. The molecule has 1 rings (SSSR count). The van der Waals surface area contributed by atoms with Gasteiger partial charge in [0.1, 0.15) is 0 Å². The SMILES string of the molecule is COC1(C(=O)O)CCN(C(=O)C(F)(F)C(F)F)CC1. The topological polar surface area (TPSA) is 66.8 Å². The second-order valence-corrected chi connectivity index (χ2v) is 4.22. The molecule has 1 fully saturated rings. The Labute approximate surface area is 106 Å². The van der Waals surface area contributed by atoms with Crippen LogP contribution in [-0.2, 0) is 14.3 Å². The van der Waals surface area contributed by atoms with E-state index in [1.165, 1.54) is 0 Å². The maximum absolute atomic E-state index is 12.9. The van der Waals surface area contributed by atoms with Gasteiger partial charge >= 0.3 is 18.3 Å². The Morgan fingerprint density at radius 3 is 2.11 bits per heavy atom. The summed E-state index contributed by atoms with van der Waals surface area (Å²) in [6.45, 7) is -0.747. The molecular weight excluding hydrogens is 274 g/mol. The van der Waals surface area contributed by atoms with Crippen LogP contribution in [0.1, 0.15) is 12.8 Å². The highest BCUT2D eigenvalue weighted by molar-refractivity contribution is 5.85. The van der Waals surface area contributed by atoms with Crippen molar-refractivity contribution in [3.05, 3.63) is 0 Å². The lowest BCUT2D eigenvalue weighted by molar-refractivity contribution is -0.188. The lowest BCUT2D eigenvalue weighted by atomic mass is 9.91. The lowest BCUT2D eigenvalue weighted by Crippen LogP contribution is -2.56. The van der Waals surface area contributed by atoms with Crippen LogP contribution in [0.5, 0.6) is 0 Å². The summed E-state index contributed by atoms with van der Waals surface area (Å²) in [5, 5.41) is 8.97. The first-order chi connectivity index (χ1) is 8.67. The molecule has 0 aliphatic carbocycles. The first kappa shape index (κ1) is 15.7. The van der Waals surface area contributed by atoms with E-state index in [4.69, 9.17) is 9.84 Å². The van der Waals surface area contributed by atoms with Crippen molar-refractivity contribution < 1.29 is 37.0 Å². The predicted octanol–water partition coefficient (Wildman–Crippen LogP) is 0.979. The molecule has 0 bridgehead atoms. The number of halogens is 4. The number of rotatable bonds is 4. The number of ether oxygens (including phenoxy) is 1. The van der Waals surface area contributed by atoms with E-state index in [0.717, 1.165) is 7.11 Å². The molecule has 1 N–H and O–H groups in total. The molecule has 5 nitrogen and oxygen atoms in total. The molecular formula is C10H13F4NO4. The maximum Gasteiger partial charge on any atom is 0.383 e. The molecule has 0 aromatic rings. The zero-order valence-corrected chi connectivity index (χ0v) is 10.0. The molecule has 1 aliphatic rings. The summed E-state index contributed by atoms with van der Waals surface area (Å²) in [5.41, 5.74) is -1.56. The molecule has 19 heavy (non-hydrogen) atoms. The van der Waals surface area contributed by atoms with E-state index < -0.39 is 29.8 Å². The molecule has 0 aromatic heterocycles. The Kier molecular flexibility index (Phi) is 4.39. The van der Waals surface area contributed by atoms with Crippen LogP contribution in [0.3, 0.4) is 0 Å². The second-order valence-electron chi connectivity index (χ2n) is 4.22. The van der Waals surface area contributed by atoms with Gasteiger partial charge in [0.25, 0.3) is 5.91 Å². The van der Waals surface area contributed by atoms with Crippen molar-refractivity contribution in [3.63, 3.8) is 0 Å². The van der Waals surface area contributed by atoms with Crippen molar-refractivity contribution in [3.8, 4) is 0 Å². The third-order valence-electron chi connectivity index (χ3n) is 3.20. The Morgan fingerprint density at radius 1 is 1.32 bits per heavy atom. The summed E-state index contributed by atoms with van der Waals surface area (Å²) >= 11 is 0. The summed E-state index contributed by atoms with van der Waals surface area (Å²) in [4.78, 5) is 22.8. The third-order valence-corrected chi connectivity index (χ3v) is 3.20. The van der Waals surface area contributed by atoms with Crippen LogP contribution in [0.25, 0.3) is 0 Å². The van der Waals surface area contributed by atoms with Gasteiger partial charge in [-0.3, -0.25) is 4.79 Å². The van der Waals surface area contributed by atoms with Gasteiger partial charge < -0.3 is 14.7 Å². The van der Waals surface area contributed by atoms with E-state index in [1.54, 1.807) is 0 Å². The van der Waals surface area contributed by atoms with Crippen LogP contribution in [-0.4, -0.2) is 60.0 Å². The van der Waals surface area contributed by atoms with Crippen molar-refractivity contribution in [1.29, 1.82) is 0 Å². The summed E-state index contributed by atoms with van der Waals surface area (Å²) in [7, 11) is 1.15. The maximum atomic E-state index is 12.9. The number of amides is 1. The van der Waals surface area contributed by atoms with Crippen molar-refractivity contribution in [1.82, 2.24) is 4.90 Å². The fraction of sp³-hybridized carbons (Fsp3) is 0.800. The number of nitrogens with zero attached hydrogens (tertiary/aromatic N) is 1. The van der Waals surface area contributed by atoms with Crippen molar-refractivity contribution >= 4 is 11.9 Å². The number of hydrogen-bond acceptors (Lipinski definition) is 3. The first-order valence-electron chi connectivity index (χ1n) is 5.41. The Morgan fingerprint density at radius 2 is 1.79 bits per heavy atom. The van der Waals surface area contributed by atoms with E-state index in [9.17, 15) is 27.2 Å². The molecule has 0 aromatic carbocycles. The minimum absolute atomic E-state index is 0.232. The minimum atomic E-state index is -4.75. The van der Waals surface area contributed by atoms with Crippen LogP contribution in [0, 0.1) is 0 Å². The molecule has 1 amide bonds. The van der Waals surface area contributed by atoms with Gasteiger partial charge in [-0.2, -0.15) is 8.78 Å². The van der Waals surface area contributed by atoms with E-state index in [-0.39, 0.29) is 25.9 Å². The monoisotopic (exact) mass is 287 g/mol. The normalized spacial score (nSPS) is 19.6. The average Bonchev–Trinajstić information content (AvgIpc) is 2.37. The van der Waals surface area contributed by atoms with Gasteiger partial charge in [0.2, 0.25) is 0 Å². The Balaban J connectivity index is 2.74. The first-order valence-corrected chi connectivity index (χ1v) is 5.41. The van der Waals surface area contributed by atoms with Crippen molar-refractivity contribution in [2.24, 2.45) is 0 Å². The minimum Gasteiger partial charge on any atom is -0.479 e. The van der Waals surface area contributed by atoms with Gasteiger partial charge in [-0.1, -0.05) is 0 Å². The van der Waals surface area contributed by atoms with Gasteiger partial charge in [0.15, 0.2) is 5.60 Å². The Bertz CT molecular complexity index is 367. The van der Waals surface area contributed by atoms with Crippen molar-refractivity contribution in [2.45, 2.75) is 30.8 Å². The molecule has 0 spiro atoms. The fourth-order valence-electron chi connectivity index (χ4n) is 1.88. The largest absolute Gasteiger partial charge is 0.479 e. The van der Waals surface area contributed by atoms with Gasteiger partial charge in [0, 0.05) is 33.0 Å². The van der Waals surface area contributed by atoms with Crippen LogP contribution in [0.4, 0.5) is 17.6 Å². The number of carboxylic acids is 1. The quantitative estimate of drug-likeness (QED) is 0.783. The average molecular weight is 287 g/mol. The fourth-order valence-corrected chi connectivity index (χ4v) is 1.88. The number of carbonyl (C=O) groups is 2. The van der Waals surface area contributed by atoms with E-state index in [2.05, 4.69) is 0 Å². The summed E-state index contributed by atoms with van der Waals surface area (Å²) < 4.78 is 54.7. The number of likely N-dealkylation sites (tertiary alicyclic amines) is 1. The lowest BCUT2D eigenvalue weighted by Gasteiger charge is -2.38. The number of piperidine rings is 1. The van der Waals surface area contributed by atoms with Crippen LogP contribution >= 0.6 is 0 Å². The Hall–Kier alpha value is -1.38. The molecule has 9 heteroatoms. The zero-order chi connectivity index (χ0) is 14.8. The van der Waals surface area contributed by atoms with E-state index in [0.29, 0.717) is 4.90 Å². The highest BCUT2D eigenvalue weighted by Gasteiger charge is 2.53. The highest BCUT2D eigenvalue weighted by atomic mass is 19.3. The number of hydrogen-bond donors (Lipinski definition) is 1. The van der Waals surface area contributed by atoms with Gasteiger partial charge in [0.05, 0.1) is 0 Å². The smallest absolute Gasteiger partial charge is 0.383 e. The summed E-state index contributed by atoms with van der Waals surface area (Å²) in [5.74, 6) is -8.02. The van der Waals surface area contributed by atoms with Gasteiger partial charge in [-0.25, -0.2) is 13.6 Å². The molecule has 0 atom stereocenters. The predicted molar refractivity (Wildman–Crippen MR) is 54.1 cm³/mol.